The maximum absolute atomic E-state index is 7.10. The molecule has 0 aromatic rings. The number of hydrogen-bond acceptors (Lipinski definition) is 3. The number of nitrogens with zero attached hydrogens (tertiary/aromatic N) is 2. The van der Waals surface area contributed by atoms with E-state index in [1.165, 1.54) is 6.21 Å². The van der Waals surface area contributed by atoms with Gasteiger partial charge >= 0.3 is 0 Å². The fourth-order valence-corrected chi connectivity index (χ4v) is 1.21. The van der Waals surface area contributed by atoms with Crippen LogP contribution in [0.25, 0.3) is 0 Å². The molecule has 1 N–H and O–H groups in total. The van der Waals surface area contributed by atoms with Gasteiger partial charge in [-0.25, -0.2) is 0 Å². The highest BCUT2D eigenvalue weighted by Crippen LogP contribution is 2.15. The molecule has 0 amide bonds. The molecule has 0 unspecified atom stereocenters. The van der Waals surface area contributed by atoms with E-state index in [0.29, 0.717) is 0 Å². The van der Waals surface area contributed by atoms with Gasteiger partial charge in [0.05, 0.1) is 5.70 Å². The van der Waals surface area contributed by atoms with Crippen molar-refractivity contribution in [2.24, 2.45) is 4.99 Å². The first kappa shape index (κ1) is 16.5. The lowest BCUT2D eigenvalue weighted by molar-refractivity contribution is 0.366. The summed E-state index contributed by atoms with van der Waals surface area (Å²) in [5.41, 5.74) is 1.96. The molecule has 1 rings (SSSR count). The zero-order valence-corrected chi connectivity index (χ0v) is 10.8. The van der Waals surface area contributed by atoms with E-state index in [1.807, 2.05) is 27.7 Å². The summed E-state index contributed by atoms with van der Waals surface area (Å²) in [7, 11) is 0. The minimum absolute atomic E-state index is 0.852. The van der Waals surface area contributed by atoms with Crippen LogP contribution in [-0.4, -0.2) is 37.5 Å². The Morgan fingerprint density at radius 2 is 1.87 bits per heavy atom. The largest absolute Gasteiger partial charge is 0.308 e. The van der Waals surface area contributed by atoms with Crippen LogP contribution in [0.5, 0.6) is 0 Å². The molecule has 1 aliphatic rings. The summed E-state index contributed by atoms with van der Waals surface area (Å²) < 4.78 is 0. The lowest BCUT2D eigenvalue weighted by Gasteiger charge is -2.10. The molecule has 0 atom stereocenters. The van der Waals surface area contributed by atoms with Crippen molar-refractivity contribution < 1.29 is 0 Å². The van der Waals surface area contributed by atoms with E-state index in [-0.39, 0.29) is 0 Å². The Labute approximate surface area is 94.4 Å². The standard InChI is InChI=1S/C8H13N3.2C2H6/c1-3-11-5-7(4-9)8(6-11)10-2;2*1-2/h4,9H,2-3,5-6H2,1H3;2*1-2H3. The predicted molar refractivity (Wildman–Crippen MR) is 70.2 cm³/mol. The SMILES string of the molecule is C=NC1=C(C=N)CN(CC)C1.CC.CC. The lowest BCUT2D eigenvalue weighted by Crippen LogP contribution is -2.20. The van der Waals surface area contributed by atoms with Gasteiger partial charge in [0.1, 0.15) is 0 Å². The minimum Gasteiger partial charge on any atom is -0.308 e. The molecule has 15 heavy (non-hydrogen) atoms. The van der Waals surface area contributed by atoms with Gasteiger partial charge in [-0.15, -0.1) is 0 Å². The van der Waals surface area contributed by atoms with Crippen LogP contribution in [0, 0.1) is 5.41 Å². The normalized spacial score (nSPS) is 14.7. The molecule has 3 nitrogen and oxygen atoms in total. The van der Waals surface area contributed by atoms with E-state index in [4.69, 9.17) is 5.41 Å². The topological polar surface area (TPSA) is 39.5 Å². The van der Waals surface area contributed by atoms with Crippen molar-refractivity contribution in [1.82, 2.24) is 4.90 Å². The molecular formula is C12H25N3. The third kappa shape index (κ3) is 5.47. The molecule has 1 heterocycles. The van der Waals surface area contributed by atoms with Gasteiger partial charge in [-0.2, -0.15) is 0 Å². The molecule has 0 radical (unpaired) electrons. The van der Waals surface area contributed by atoms with E-state index >= 15 is 0 Å². The summed E-state index contributed by atoms with van der Waals surface area (Å²) in [6, 6.07) is 0. The first-order valence-electron chi connectivity index (χ1n) is 5.73. The van der Waals surface area contributed by atoms with Crippen molar-refractivity contribution in [3.63, 3.8) is 0 Å². The van der Waals surface area contributed by atoms with E-state index in [2.05, 4.69) is 23.5 Å². The molecule has 88 valence electrons. The molecule has 1 aliphatic heterocycles. The summed E-state index contributed by atoms with van der Waals surface area (Å²) in [4.78, 5) is 6.10. The summed E-state index contributed by atoms with van der Waals surface area (Å²) in [5.74, 6) is 0. The van der Waals surface area contributed by atoms with Crippen LogP contribution in [0.15, 0.2) is 16.3 Å². The van der Waals surface area contributed by atoms with Crippen molar-refractivity contribution in [2.45, 2.75) is 34.6 Å². The van der Waals surface area contributed by atoms with Crippen LogP contribution in [-0.2, 0) is 0 Å². The highest BCUT2D eigenvalue weighted by molar-refractivity contribution is 5.78. The second-order valence-electron chi connectivity index (χ2n) is 2.58. The van der Waals surface area contributed by atoms with Crippen molar-refractivity contribution in [3.05, 3.63) is 11.3 Å². The van der Waals surface area contributed by atoms with Crippen molar-refractivity contribution in [3.8, 4) is 0 Å². The van der Waals surface area contributed by atoms with Crippen LogP contribution in [0.2, 0.25) is 0 Å². The maximum Gasteiger partial charge on any atom is 0.0596 e. The first-order valence-corrected chi connectivity index (χ1v) is 5.73. The summed E-state index contributed by atoms with van der Waals surface area (Å²) in [5, 5.41) is 7.10. The van der Waals surface area contributed by atoms with Crippen molar-refractivity contribution in [2.75, 3.05) is 19.6 Å². The molecule has 0 spiro atoms. The van der Waals surface area contributed by atoms with E-state index in [0.717, 1.165) is 30.9 Å². The average molecular weight is 211 g/mol. The van der Waals surface area contributed by atoms with Gasteiger partial charge in [0.2, 0.25) is 0 Å². The monoisotopic (exact) mass is 211 g/mol. The number of hydrogen-bond donors (Lipinski definition) is 1. The van der Waals surface area contributed by atoms with E-state index < -0.39 is 0 Å². The van der Waals surface area contributed by atoms with Crippen LogP contribution in [0.1, 0.15) is 34.6 Å². The highest BCUT2D eigenvalue weighted by Gasteiger charge is 2.17. The zero-order chi connectivity index (χ0) is 12.3. The maximum atomic E-state index is 7.10. The highest BCUT2D eigenvalue weighted by atomic mass is 15.2. The Morgan fingerprint density at radius 1 is 1.33 bits per heavy atom. The lowest BCUT2D eigenvalue weighted by atomic mass is 10.3. The van der Waals surface area contributed by atoms with Crippen LogP contribution in [0.3, 0.4) is 0 Å². The minimum atomic E-state index is 0.852. The third-order valence-electron chi connectivity index (χ3n) is 1.95. The first-order chi connectivity index (χ1) is 7.31. The zero-order valence-electron chi connectivity index (χ0n) is 10.8. The van der Waals surface area contributed by atoms with Gasteiger partial charge in [-0.05, 0) is 13.3 Å². The van der Waals surface area contributed by atoms with Crippen LogP contribution in [0.4, 0.5) is 0 Å². The smallest absolute Gasteiger partial charge is 0.0596 e. The Morgan fingerprint density at radius 3 is 2.13 bits per heavy atom. The number of likely N-dealkylation sites (N-methyl/N-ethyl adjacent to an activating group) is 1. The van der Waals surface area contributed by atoms with Gasteiger partial charge in [-0.3, -0.25) is 9.89 Å². The molecule has 0 fully saturated rings. The van der Waals surface area contributed by atoms with Gasteiger partial charge in [0.25, 0.3) is 0 Å². The average Bonchev–Trinajstić information content (AvgIpc) is 2.76. The summed E-state index contributed by atoms with van der Waals surface area (Å²) >= 11 is 0. The molecule has 0 aliphatic carbocycles. The Hall–Kier alpha value is -0.960. The number of nitrogens with one attached hydrogen (secondary N) is 1. The fourth-order valence-electron chi connectivity index (χ4n) is 1.21. The van der Waals surface area contributed by atoms with Gasteiger partial charge in [-0.1, -0.05) is 34.6 Å². The molecule has 0 aromatic carbocycles. The quantitative estimate of drug-likeness (QED) is 0.716. The van der Waals surface area contributed by atoms with Gasteiger partial charge in [0.15, 0.2) is 0 Å². The second kappa shape index (κ2) is 11.1. The predicted octanol–water partition coefficient (Wildman–Crippen LogP) is 2.98. The third-order valence-corrected chi connectivity index (χ3v) is 1.95. The van der Waals surface area contributed by atoms with E-state index in [1.54, 1.807) is 0 Å². The van der Waals surface area contributed by atoms with Crippen LogP contribution >= 0.6 is 0 Å². The van der Waals surface area contributed by atoms with Gasteiger partial charge in [0, 0.05) is 24.9 Å². The van der Waals surface area contributed by atoms with Crippen LogP contribution < -0.4 is 0 Å². The Balaban J connectivity index is 0. The van der Waals surface area contributed by atoms with Crippen molar-refractivity contribution >= 4 is 12.9 Å². The fraction of sp³-hybridized carbons (Fsp3) is 0.667. The molecular weight excluding hydrogens is 186 g/mol. The Bertz CT molecular complexity index is 187. The number of aliphatic imine (C=N–C) groups is 1. The molecule has 3 heteroatoms. The van der Waals surface area contributed by atoms with Gasteiger partial charge < -0.3 is 5.41 Å². The summed E-state index contributed by atoms with van der Waals surface area (Å²) in [6.45, 7) is 16.3. The molecule has 0 saturated heterocycles. The molecule has 0 aromatic heterocycles. The second-order valence-corrected chi connectivity index (χ2v) is 2.58. The number of rotatable bonds is 3. The summed E-state index contributed by atoms with van der Waals surface area (Å²) in [6.07, 6.45) is 1.37. The Kier molecular flexibility index (Phi) is 12.2. The van der Waals surface area contributed by atoms with Crippen molar-refractivity contribution in [1.29, 1.82) is 5.41 Å². The molecule has 0 bridgehead atoms. The molecule has 0 saturated carbocycles. The van der Waals surface area contributed by atoms with E-state index in [9.17, 15) is 0 Å².